The van der Waals surface area contributed by atoms with Crippen LogP contribution in [-0.2, 0) is 6.42 Å². The highest BCUT2D eigenvalue weighted by Crippen LogP contribution is 2.26. The fraction of sp³-hybridized carbons (Fsp3) is 0.0833. The van der Waals surface area contributed by atoms with Gasteiger partial charge in [0.05, 0.1) is 5.83 Å². The standard InChI is InChI=1S/C12H10FNS/c1-9(13)5-12-6-11(8-15-12)10-3-2-4-14-7-10/h2-4,6-8H,1,5H2. The van der Waals surface area contributed by atoms with Crippen molar-refractivity contribution >= 4 is 11.3 Å². The van der Waals surface area contributed by atoms with Crippen LogP contribution >= 0.6 is 11.3 Å². The van der Waals surface area contributed by atoms with Crippen molar-refractivity contribution in [3.8, 4) is 11.1 Å². The van der Waals surface area contributed by atoms with Gasteiger partial charge in [-0.15, -0.1) is 11.3 Å². The number of hydrogen-bond acceptors (Lipinski definition) is 2. The Balaban J connectivity index is 2.24. The molecule has 0 aromatic carbocycles. The van der Waals surface area contributed by atoms with E-state index in [1.807, 2.05) is 23.6 Å². The van der Waals surface area contributed by atoms with Gasteiger partial charge in [-0.2, -0.15) is 0 Å². The fourth-order valence-electron chi connectivity index (χ4n) is 1.35. The molecule has 2 aromatic heterocycles. The average molecular weight is 219 g/mol. The van der Waals surface area contributed by atoms with Crippen molar-refractivity contribution in [2.45, 2.75) is 6.42 Å². The number of hydrogen-bond donors (Lipinski definition) is 0. The lowest BCUT2D eigenvalue weighted by Gasteiger charge is -1.94. The Morgan fingerprint density at radius 2 is 2.33 bits per heavy atom. The van der Waals surface area contributed by atoms with Crippen LogP contribution in [0.1, 0.15) is 4.88 Å². The number of nitrogens with zero attached hydrogens (tertiary/aromatic N) is 1. The zero-order valence-corrected chi connectivity index (χ0v) is 8.93. The van der Waals surface area contributed by atoms with E-state index in [0.29, 0.717) is 6.42 Å². The molecule has 3 heteroatoms. The summed E-state index contributed by atoms with van der Waals surface area (Å²) in [6, 6.07) is 5.86. The van der Waals surface area contributed by atoms with E-state index < -0.39 is 0 Å². The topological polar surface area (TPSA) is 12.9 Å². The van der Waals surface area contributed by atoms with Gasteiger partial charge in [-0.25, -0.2) is 4.39 Å². The van der Waals surface area contributed by atoms with E-state index >= 15 is 0 Å². The first kappa shape index (κ1) is 10.1. The molecule has 76 valence electrons. The third-order valence-electron chi connectivity index (χ3n) is 2.01. The largest absolute Gasteiger partial charge is 0.264 e. The molecule has 15 heavy (non-hydrogen) atoms. The van der Waals surface area contributed by atoms with Gasteiger partial charge in [-0.3, -0.25) is 4.98 Å². The molecule has 0 fully saturated rings. The summed E-state index contributed by atoms with van der Waals surface area (Å²) in [6.07, 6.45) is 3.85. The summed E-state index contributed by atoms with van der Waals surface area (Å²) in [4.78, 5) is 5.03. The van der Waals surface area contributed by atoms with Gasteiger partial charge in [0.1, 0.15) is 0 Å². The third-order valence-corrected chi connectivity index (χ3v) is 2.95. The lowest BCUT2D eigenvalue weighted by Crippen LogP contribution is -1.78. The second-order valence-electron chi connectivity index (χ2n) is 3.24. The van der Waals surface area contributed by atoms with E-state index in [0.717, 1.165) is 16.0 Å². The van der Waals surface area contributed by atoms with E-state index in [9.17, 15) is 4.39 Å². The van der Waals surface area contributed by atoms with Crippen molar-refractivity contribution in [2.24, 2.45) is 0 Å². The Labute approximate surface area is 91.9 Å². The predicted molar refractivity (Wildman–Crippen MR) is 61.5 cm³/mol. The quantitative estimate of drug-likeness (QED) is 0.764. The highest BCUT2D eigenvalue weighted by Gasteiger charge is 2.03. The molecule has 0 atom stereocenters. The van der Waals surface area contributed by atoms with Crippen LogP contribution in [0.5, 0.6) is 0 Å². The highest BCUT2D eigenvalue weighted by molar-refractivity contribution is 7.10. The minimum absolute atomic E-state index is 0.297. The van der Waals surface area contributed by atoms with Crippen LogP contribution in [0.3, 0.4) is 0 Å². The van der Waals surface area contributed by atoms with E-state index in [1.165, 1.54) is 0 Å². The lowest BCUT2D eigenvalue weighted by atomic mass is 10.1. The van der Waals surface area contributed by atoms with Crippen molar-refractivity contribution in [2.75, 3.05) is 0 Å². The van der Waals surface area contributed by atoms with E-state index in [-0.39, 0.29) is 5.83 Å². The van der Waals surface area contributed by atoms with Gasteiger partial charge in [-0.05, 0) is 23.1 Å². The Hall–Kier alpha value is -1.48. The highest BCUT2D eigenvalue weighted by atomic mass is 32.1. The maximum Gasteiger partial charge on any atom is 0.0980 e. The molecule has 0 radical (unpaired) electrons. The number of aromatic nitrogens is 1. The molecule has 1 nitrogen and oxygen atoms in total. The molecule has 0 spiro atoms. The van der Waals surface area contributed by atoms with Gasteiger partial charge in [0, 0.05) is 29.3 Å². The van der Waals surface area contributed by atoms with Crippen molar-refractivity contribution in [1.82, 2.24) is 4.98 Å². The van der Waals surface area contributed by atoms with Crippen LogP contribution < -0.4 is 0 Å². The zero-order valence-electron chi connectivity index (χ0n) is 8.11. The van der Waals surface area contributed by atoms with Crippen LogP contribution in [-0.4, -0.2) is 4.98 Å². The minimum Gasteiger partial charge on any atom is -0.264 e. The fourth-order valence-corrected chi connectivity index (χ4v) is 2.26. The number of pyridine rings is 1. The van der Waals surface area contributed by atoms with Crippen LogP contribution in [0.25, 0.3) is 11.1 Å². The maximum atomic E-state index is 12.6. The molecule has 0 aliphatic heterocycles. The summed E-state index contributed by atoms with van der Waals surface area (Å²) < 4.78 is 12.6. The normalized spacial score (nSPS) is 10.2. The van der Waals surface area contributed by atoms with Crippen LogP contribution in [0.2, 0.25) is 0 Å². The molecule has 2 heterocycles. The molecule has 0 aliphatic carbocycles. The molecule has 0 saturated heterocycles. The SMILES string of the molecule is C=C(F)Cc1cc(-c2cccnc2)cs1. The first-order chi connectivity index (χ1) is 7.25. The zero-order chi connectivity index (χ0) is 10.7. The molecular formula is C12H10FNS. The van der Waals surface area contributed by atoms with Crippen LogP contribution in [0, 0.1) is 0 Å². The summed E-state index contributed by atoms with van der Waals surface area (Å²) >= 11 is 1.54. The van der Waals surface area contributed by atoms with Crippen molar-refractivity contribution in [1.29, 1.82) is 0 Å². The first-order valence-corrected chi connectivity index (χ1v) is 5.45. The number of allylic oxidation sites excluding steroid dienone is 1. The first-order valence-electron chi connectivity index (χ1n) is 4.57. The van der Waals surface area contributed by atoms with Gasteiger partial charge in [0.25, 0.3) is 0 Å². The molecular weight excluding hydrogens is 209 g/mol. The Bertz CT molecular complexity index is 461. The molecule has 0 N–H and O–H groups in total. The molecule has 0 bridgehead atoms. The second-order valence-corrected chi connectivity index (χ2v) is 4.23. The predicted octanol–water partition coefficient (Wildman–Crippen LogP) is 3.84. The summed E-state index contributed by atoms with van der Waals surface area (Å²) in [5, 5.41) is 2.01. The second kappa shape index (κ2) is 4.36. The molecule has 2 rings (SSSR count). The van der Waals surface area contributed by atoms with Crippen molar-refractivity contribution in [3.05, 3.63) is 53.3 Å². The minimum atomic E-state index is -0.297. The Kier molecular flexibility index (Phi) is 2.92. The molecule has 0 amide bonds. The summed E-state index contributed by atoms with van der Waals surface area (Å²) in [7, 11) is 0. The molecule has 0 saturated carbocycles. The smallest absolute Gasteiger partial charge is 0.0980 e. The van der Waals surface area contributed by atoms with Crippen molar-refractivity contribution in [3.63, 3.8) is 0 Å². The van der Waals surface area contributed by atoms with E-state index in [1.54, 1.807) is 23.7 Å². The number of rotatable bonds is 3. The van der Waals surface area contributed by atoms with Gasteiger partial charge >= 0.3 is 0 Å². The third kappa shape index (κ3) is 2.50. The molecule has 2 aromatic rings. The summed E-state index contributed by atoms with van der Waals surface area (Å²) in [5.74, 6) is -0.297. The van der Waals surface area contributed by atoms with Crippen molar-refractivity contribution < 1.29 is 4.39 Å². The van der Waals surface area contributed by atoms with Crippen LogP contribution in [0.4, 0.5) is 4.39 Å². The summed E-state index contributed by atoms with van der Waals surface area (Å²) in [6.45, 7) is 3.26. The number of thiophene rings is 1. The van der Waals surface area contributed by atoms with E-state index in [2.05, 4.69) is 11.6 Å². The van der Waals surface area contributed by atoms with Gasteiger partial charge < -0.3 is 0 Å². The van der Waals surface area contributed by atoms with Gasteiger partial charge in [0.15, 0.2) is 0 Å². The van der Waals surface area contributed by atoms with Gasteiger partial charge in [0.2, 0.25) is 0 Å². The Morgan fingerprint density at radius 1 is 1.47 bits per heavy atom. The number of halogens is 1. The maximum absolute atomic E-state index is 12.6. The lowest BCUT2D eigenvalue weighted by molar-refractivity contribution is 0.619. The molecule has 0 aliphatic rings. The monoisotopic (exact) mass is 219 g/mol. The molecule has 0 unspecified atom stereocenters. The summed E-state index contributed by atoms with van der Waals surface area (Å²) in [5.41, 5.74) is 2.15. The van der Waals surface area contributed by atoms with E-state index in [4.69, 9.17) is 0 Å². The van der Waals surface area contributed by atoms with Crippen LogP contribution in [0.15, 0.2) is 48.4 Å². The van der Waals surface area contributed by atoms with Gasteiger partial charge in [-0.1, -0.05) is 12.6 Å². The average Bonchev–Trinajstić information content (AvgIpc) is 2.67. The Morgan fingerprint density at radius 3 is 3.00 bits per heavy atom.